The number of hydrogen-bond acceptors (Lipinski definition) is 10. The van der Waals surface area contributed by atoms with Crippen molar-refractivity contribution in [1.29, 1.82) is 0 Å². The van der Waals surface area contributed by atoms with E-state index >= 15 is 0 Å². The maximum absolute atomic E-state index is 8.93. The second kappa shape index (κ2) is 204. The van der Waals surface area contributed by atoms with Gasteiger partial charge in [0, 0.05) is 49.2 Å². The summed E-state index contributed by atoms with van der Waals surface area (Å²) < 4.78 is 0. The number of thioether (sulfide) groups is 1. The fourth-order valence-corrected chi connectivity index (χ4v) is 0.836. The second-order valence-corrected chi connectivity index (χ2v) is 5.04. The summed E-state index contributed by atoms with van der Waals surface area (Å²) in [4.78, 5) is 2.25. The topological polar surface area (TPSA) is 176 Å². The van der Waals surface area contributed by atoms with Gasteiger partial charge in [0.25, 0.3) is 0 Å². The van der Waals surface area contributed by atoms with Crippen molar-refractivity contribution in [3.8, 4) is 0 Å². The van der Waals surface area contributed by atoms with Crippen molar-refractivity contribution < 1.29 is 62.6 Å². The summed E-state index contributed by atoms with van der Waals surface area (Å²) in [5, 5.41) is 63.5. The van der Waals surface area contributed by atoms with Crippen molar-refractivity contribution in [1.82, 2.24) is 4.90 Å². The fraction of sp³-hybridized carbons (Fsp3) is 1.00. The van der Waals surface area contributed by atoms with Gasteiger partial charge in [-0.15, -0.1) is 13.2 Å². The summed E-state index contributed by atoms with van der Waals surface area (Å²) in [6.07, 6.45) is 0. The molecule has 0 radical (unpaired) electrons. The molecule has 0 saturated carbocycles. The molecule has 0 bridgehead atoms. The normalized spacial score (nSPS) is 5.82. The van der Waals surface area contributed by atoms with Gasteiger partial charge < -0.3 is 45.8 Å². The predicted molar refractivity (Wildman–Crippen MR) is 144 cm³/mol. The Kier molecular flexibility index (Phi) is 499. The van der Waals surface area contributed by atoms with Gasteiger partial charge in [0.05, 0.1) is 0 Å². The molecule has 0 fully saturated rings. The first-order valence-electron chi connectivity index (χ1n) is 10.2. The van der Waals surface area contributed by atoms with Gasteiger partial charge in [-0.05, 0) is 45.5 Å². The van der Waals surface area contributed by atoms with E-state index in [-0.39, 0.29) is 94.3 Å². The van der Waals surface area contributed by atoms with Gasteiger partial charge in [0.15, 0.2) is 0 Å². The molecular weight excluding hydrogens is 523 g/mol. The van der Waals surface area contributed by atoms with E-state index in [2.05, 4.69) is 39.6 Å². The van der Waals surface area contributed by atoms with Crippen LogP contribution < -0.4 is 20.4 Å². The molecule has 34 heavy (non-hydrogen) atoms. The maximum Gasteiger partial charge on any atom is 2.00 e. The fourth-order valence-electron chi connectivity index (χ4n) is 0.428. The van der Waals surface area contributed by atoms with Gasteiger partial charge in [-0.2, -0.15) is 26.0 Å². The largest absolute Gasteiger partial charge is 2.00 e. The quantitative estimate of drug-likeness (QED) is 0.268. The Morgan fingerprint density at radius 3 is 0.706 bits per heavy atom. The minimum absolute atomic E-state index is 0. The van der Waals surface area contributed by atoms with Crippen LogP contribution in [0.1, 0.15) is 55.4 Å². The van der Waals surface area contributed by atoms with Crippen molar-refractivity contribution in [2.24, 2.45) is 0 Å². The Bertz CT molecular complexity index is 127. The Labute approximate surface area is 265 Å². The van der Waals surface area contributed by atoms with Crippen LogP contribution >= 0.6 is 11.8 Å². The van der Waals surface area contributed by atoms with E-state index in [1.54, 1.807) is 27.7 Å². The molecule has 0 aliphatic rings. The summed E-state index contributed by atoms with van der Waals surface area (Å²) >= 11 is 1.96. The average molecular weight is 582 g/mol. The third-order valence-corrected chi connectivity index (χ3v) is 2.30. The molecule has 0 heterocycles. The molecule has 4 N–H and O–H groups in total. The second-order valence-electron chi connectivity index (χ2n) is 3.48. The Morgan fingerprint density at radius 1 is 0.588 bits per heavy atom. The molecule has 0 aliphatic carbocycles. The van der Waals surface area contributed by atoms with E-state index in [1.165, 1.54) is 11.5 Å². The van der Waals surface area contributed by atoms with Gasteiger partial charge in [-0.25, -0.2) is 0 Å². The molecule has 13 heteroatoms. The third-order valence-electron chi connectivity index (χ3n) is 1.49. The van der Waals surface area contributed by atoms with Crippen LogP contribution in [0.15, 0.2) is 0 Å². The maximum atomic E-state index is 8.93. The number of aliphatic hydroxyl groups excluding tert-OH is 4. The van der Waals surface area contributed by atoms with Crippen LogP contribution in [0, 0.1) is 0 Å². The van der Waals surface area contributed by atoms with Crippen LogP contribution in [0.4, 0.5) is 0 Å². The minimum atomic E-state index is 0. The standard InChI is InChI=1S/C5H13N.C4H10S.2C2H6O.2C2H5O.2CH4O.2CH3O.2Mg.Ti/c1-4-6(3)5-2;1-3-5-4-2;4*1-2-3;4*1-2;;;/h4-5H2,1-3H3;3-4H2,1-2H3;2*3H,2H2,1H3;2*2H2,1H3;2*2H,1H3;2*1H3;;;/q;;;;2*-1;;;2*-1;2*+2;. The minimum Gasteiger partial charge on any atom is -0.857 e. The Morgan fingerprint density at radius 2 is 0.706 bits per heavy atom. The number of nitrogens with zero attached hydrogens (tertiary/aromatic N) is 1. The first kappa shape index (κ1) is 83.3. The first-order valence-corrected chi connectivity index (χ1v) is 11.4. The van der Waals surface area contributed by atoms with Crippen molar-refractivity contribution in [2.75, 3.05) is 86.5 Å². The zero-order valence-electron chi connectivity index (χ0n) is 24.8. The van der Waals surface area contributed by atoms with Gasteiger partial charge in [0.1, 0.15) is 0 Å². The summed E-state index contributed by atoms with van der Waals surface area (Å²) in [7, 11) is 5.61. The molecule has 0 spiro atoms. The van der Waals surface area contributed by atoms with E-state index in [1.807, 2.05) is 11.8 Å². The van der Waals surface area contributed by atoms with Crippen LogP contribution in [-0.2, 0) is 21.7 Å². The van der Waals surface area contributed by atoms with Crippen LogP contribution in [0.2, 0.25) is 0 Å². The predicted octanol–water partition coefficient (Wildman–Crippen LogP) is -2.15. The zero-order chi connectivity index (χ0) is 27.9. The van der Waals surface area contributed by atoms with Crippen LogP contribution in [-0.4, -0.2) is 158 Å². The van der Waals surface area contributed by atoms with Crippen LogP contribution in [0.5, 0.6) is 0 Å². The molecule has 9 nitrogen and oxygen atoms in total. The number of hydrogen-bond donors (Lipinski definition) is 4. The smallest absolute Gasteiger partial charge is 0.857 e. The third kappa shape index (κ3) is 557. The number of aliphatic hydroxyl groups is 4. The van der Waals surface area contributed by atoms with Crippen LogP contribution in [0.25, 0.3) is 0 Å². The zero-order valence-corrected chi connectivity index (χ0v) is 30.1. The Balaban J connectivity index is -0.0000000134. The first-order chi connectivity index (χ1) is 14.9. The number of rotatable bonds is 4. The van der Waals surface area contributed by atoms with E-state index < -0.39 is 0 Å². The van der Waals surface area contributed by atoms with Crippen molar-refractivity contribution in [2.45, 2.75) is 55.4 Å². The van der Waals surface area contributed by atoms with E-state index in [0.717, 1.165) is 41.5 Å². The van der Waals surface area contributed by atoms with E-state index in [9.17, 15) is 0 Å². The average Bonchev–Trinajstić information content (AvgIpc) is 2.82. The molecule has 0 atom stereocenters. The molecule has 0 rings (SSSR count). The van der Waals surface area contributed by atoms with Crippen molar-refractivity contribution in [3.05, 3.63) is 0 Å². The van der Waals surface area contributed by atoms with Gasteiger partial charge >= 0.3 is 46.1 Å². The van der Waals surface area contributed by atoms with Crippen molar-refractivity contribution >= 4 is 57.9 Å². The van der Waals surface area contributed by atoms with Gasteiger partial charge in [-0.1, -0.05) is 41.5 Å². The molecule has 0 aromatic heterocycles. The molecule has 210 valence electrons. The van der Waals surface area contributed by atoms with E-state index in [0.29, 0.717) is 0 Å². The van der Waals surface area contributed by atoms with Crippen LogP contribution in [0.3, 0.4) is 0 Å². The monoisotopic (exact) mass is 581 g/mol. The summed E-state index contributed by atoms with van der Waals surface area (Å²) in [5.41, 5.74) is 0. The molecule has 0 aromatic rings. The Hall–Kier alpha value is 2.24. The molecular formula is C21H59Mg2NO8STi. The summed E-state index contributed by atoms with van der Waals surface area (Å²) in [6, 6.07) is 0. The molecule has 0 amide bonds. The summed E-state index contributed by atoms with van der Waals surface area (Å²) in [6.45, 7) is 18.0. The van der Waals surface area contributed by atoms with E-state index in [4.69, 9.17) is 40.9 Å². The van der Waals surface area contributed by atoms with Gasteiger partial charge in [-0.3, -0.25) is 0 Å². The molecule has 0 unspecified atom stereocenters. The summed E-state index contributed by atoms with van der Waals surface area (Å²) in [5.74, 6) is 2.52. The molecule has 0 aliphatic heterocycles. The SMILES string of the molecule is CCN(C)CC.CCO.CCO.CCSCC.CC[O-].CC[O-].CO.CO.C[O-].C[O-].[Mg+2].[Mg+2].[Ti]. The van der Waals surface area contributed by atoms with Gasteiger partial charge in [0.2, 0.25) is 0 Å². The van der Waals surface area contributed by atoms with Crippen molar-refractivity contribution in [3.63, 3.8) is 0 Å². The molecule has 0 saturated heterocycles. The molecule has 0 aromatic carbocycles.